The molecular weight excluding hydrogens is 450 g/mol. The molecular formula is C31H35NO4. The molecule has 5 nitrogen and oxygen atoms in total. The molecule has 0 spiro atoms. The fourth-order valence-electron chi connectivity index (χ4n) is 4.36. The van der Waals surface area contributed by atoms with Crippen LogP contribution < -0.4 is 14.8 Å². The van der Waals surface area contributed by atoms with Crippen LogP contribution in [0.3, 0.4) is 0 Å². The van der Waals surface area contributed by atoms with Gasteiger partial charge in [0, 0.05) is 18.5 Å². The molecule has 4 rings (SSSR count). The molecule has 1 amide bonds. The smallest absolute Gasteiger partial charge is 0.311 e. The normalized spacial score (nSPS) is 13.1. The summed E-state index contributed by atoms with van der Waals surface area (Å²) in [5.74, 6) is 1.72. The number of hydrogen-bond acceptors (Lipinski definition) is 4. The fraction of sp³-hybridized carbons (Fsp3) is 0.355. The number of amides is 1. The molecule has 0 aliphatic heterocycles. The van der Waals surface area contributed by atoms with Crippen LogP contribution in [0.4, 0.5) is 0 Å². The number of carbonyl (C=O) groups excluding carboxylic acids is 2. The van der Waals surface area contributed by atoms with Gasteiger partial charge in [0.1, 0.15) is 18.1 Å². The van der Waals surface area contributed by atoms with Gasteiger partial charge in [0.25, 0.3) is 5.91 Å². The molecule has 1 aliphatic rings. The number of nitrogens with one attached hydrogen (secondary N) is 1. The predicted molar refractivity (Wildman–Crippen MR) is 141 cm³/mol. The summed E-state index contributed by atoms with van der Waals surface area (Å²) in [5.41, 5.74) is 5.00. The van der Waals surface area contributed by atoms with Crippen LogP contribution in [0.1, 0.15) is 64.7 Å². The number of para-hydroxylation sites is 1. The predicted octanol–water partition coefficient (Wildman–Crippen LogP) is 6.34. The van der Waals surface area contributed by atoms with Gasteiger partial charge in [0.15, 0.2) is 0 Å². The van der Waals surface area contributed by atoms with Crippen LogP contribution in [0.2, 0.25) is 0 Å². The first-order valence-electron chi connectivity index (χ1n) is 12.8. The lowest BCUT2D eigenvalue weighted by Crippen LogP contribution is -2.26. The van der Waals surface area contributed by atoms with Crippen molar-refractivity contribution in [2.75, 3.05) is 6.54 Å². The number of hydrogen-bond donors (Lipinski definition) is 1. The van der Waals surface area contributed by atoms with E-state index in [9.17, 15) is 9.59 Å². The quantitative estimate of drug-likeness (QED) is 0.196. The van der Waals surface area contributed by atoms with Crippen molar-refractivity contribution in [1.82, 2.24) is 5.32 Å². The topological polar surface area (TPSA) is 64.6 Å². The number of rotatable bonds is 11. The van der Waals surface area contributed by atoms with Gasteiger partial charge >= 0.3 is 5.97 Å². The van der Waals surface area contributed by atoms with Crippen molar-refractivity contribution < 1.29 is 19.1 Å². The highest BCUT2D eigenvalue weighted by molar-refractivity contribution is 5.96. The summed E-state index contributed by atoms with van der Waals surface area (Å²) in [6.45, 7) is 4.80. The summed E-state index contributed by atoms with van der Waals surface area (Å²) in [6.07, 6.45) is 6.03. The van der Waals surface area contributed by atoms with Gasteiger partial charge in [-0.3, -0.25) is 9.59 Å². The molecule has 3 aromatic carbocycles. The second-order valence-corrected chi connectivity index (χ2v) is 9.61. The third kappa shape index (κ3) is 6.97. The molecule has 36 heavy (non-hydrogen) atoms. The fourth-order valence-corrected chi connectivity index (χ4v) is 4.36. The summed E-state index contributed by atoms with van der Waals surface area (Å²) >= 11 is 0. The molecule has 0 radical (unpaired) electrons. The summed E-state index contributed by atoms with van der Waals surface area (Å²) in [4.78, 5) is 24.7. The summed E-state index contributed by atoms with van der Waals surface area (Å²) in [6, 6.07) is 21.4. The Bertz CT molecular complexity index is 1170. The van der Waals surface area contributed by atoms with Crippen molar-refractivity contribution in [2.24, 2.45) is 5.92 Å². The molecule has 0 aromatic heterocycles. The van der Waals surface area contributed by atoms with E-state index in [0.717, 1.165) is 28.4 Å². The average molecular weight is 486 g/mol. The first-order valence-corrected chi connectivity index (χ1v) is 12.8. The molecule has 1 aliphatic carbocycles. The maximum atomic E-state index is 12.7. The molecule has 1 fully saturated rings. The van der Waals surface area contributed by atoms with E-state index < -0.39 is 0 Å². The molecule has 1 N–H and O–H groups in total. The summed E-state index contributed by atoms with van der Waals surface area (Å²) in [5, 5.41) is 2.90. The number of ether oxygens (including phenoxy) is 2. The third-order valence-electron chi connectivity index (χ3n) is 6.97. The van der Waals surface area contributed by atoms with Crippen LogP contribution in [0.15, 0.2) is 66.7 Å². The zero-order valence-electron chi connectivity index (χ0n) is 21.2. The van der Waals surface area contributed by atoms with Gasteiger partial charge in [-0.2, -0.15) is 0 Å². The minimum absolute atomic E-state index is 0.152. The van der Waals surface area contributed by atoms with E-state index in [1.807, 2.05) is 38.1 Å². The molecule has 5 heteroatoms. The lowest BCUT2D eigenvalue weighted by molar-refractivity contribution is -0.134. The van der Waals surface area contributed by atoms with Crippen molar-refractivity contribution in [3.05, 3.63) is 94.5 Å². The van der Waals surface area contributed by atoms with Gasteiger partial charge in [0.05, 0.1) is 0 Å². The van der Waals surface area contributed by atoms with E-state index in [1.165, 1.54) is 31.2 Å². The van der Waals surface area contributed by atoms with Gasteiger partial charge in [-0.15, -0.1) is 0 Å². The first kappa shape index (κ1) is 25.5. The Labute approximate surface area is 213 Å². The molecule has 0 saturated heterocycles. The van der Waals surface area contributed by atoms with E-state index >= 15 is 0 Å². The van der Waals surface area contributed by atoms with E-state index in [0.29, 0.717) is 30.9 Å². The largest absolute Gasteiger partial charge is 0.489 e. The molecule has 3 aromatic rings. The van der Waals surface area contributed by atoms with Crippen molar-refractivity contribution >= 4 is 11.9 Å². The Morgan fingerprint density at radius 3 is 2.31 bits per heavy atom. The Kier molecular flexibility index (Phi) is 8.77. The number of carbonyl (C=O) groups is 2. The molecule has 0 bridgehead atoms. The van der Waals surface area contributed by atoms with Crippen LogP contribution in [0, 0.1) is 19.8 Å². The summed E-state index contributed by atoms with van der Waals surface area (Å²) < 4.78 is 11.4. The van der Waals surface area contributed by atoms with E-state index in [1.54, 1.807) is 18.2 Å². The van der Waals surface area contributed by atoms with Crippen LogP contribution in [0.5, 0.6) is 11.5 Å². The van der Waals surface area contributed by atoms with E-state index in [4.69, 9.17) is 9.47 Å². The van der Waals surface area contributed by atoms with E-state index in [2.05, 4.69) is 29.6 Å². The minimum Gasteiger partial charge on any atom is -0.489 e. The van der Waals surface area contributed by atoms with Crippen molar-refractivity contribution in [2.45, 2.75) is 59.0 Å². The van der Waals surface area contributed by atoms with Crippen molar-refractivity contribution in [3.63, 3.8) is 0 Å². The average Bonchev–Trinajstić information content (AvgIpc) is 2.86. The van der Waals surface area contributed by atoms with Crippen LogP contribution in [-0.2, 0) is 17.8 Å². The molecule has 0 heterocycles. The SMILES string of the molecule is Cc1c(OCc2ccc(CC3CCC3)cc2)ccc(C(=O)NCCCC(=O)Oc2ccccc2)c1C. The standard InChI is InChI=1S/C31H35NO4/c1-22-23(2)29(35-21-26-15-13-25(14-16-26)20-24-8-6-9-24)18-17-28(22)31(34)32-19-7-12-30(33)36-27-10-4-3-5-11-27/h3-5,10-11,13-18,24H,6-9,12,19-21H2,1-2H3,(H,32,34). The van der Waals surface area contributed by atoms with Gasteiger partial charge in [-0.1, -0.05) is 61.7 Å². The second kappa shape index (κ2) is 12.4. The molecule has 0 atom stereocenters. The monoisotopic (exact) mass is 485 g/mol. The van der Waals surface area contributed by atoms with Gasteiger partial charge in [-0.05, 0) is 79.1 Å². The maximum Gasteiger partial charge on any atom is 0.311 e. The highest BCUT2D eigenvalue weighted by atomic mass is 16.5. The van der Waals surface area contributed by atoms with Gasteiger partial charge in [-0.25, -0.2) is 0 Å². The van der Waals surface area contributed by atoms with Crippen molar-refractivity contribution in [3.8, 4) is 11.5 Å². The third-order valence-corrected chi connectivity index (χ3v) is 6.97. The van der Waals surface area contributed by atoms with Gasteiger partial charge in [0.2, 0.25) is 0 Å². The zero-order valence-corrected chi connectivity index (χ0v) is 21.2. The lowest BCUT2D eigenvalue weighted by atomic mass is 9.81. The van der Waals surface area contributed by atoms with Crippen LogP contribution in [0.25, 0.3) is 0 Å². The Morgan fingerprint density at radius 1 is 0.889 bits per heavy atom. The Balaban J connectivity index is 1.23. The van der Waals surface area contributed by atoms with Crippen LogP contribution >= 0.6 is 0 Å². The molecule has 0 unspecified atom stereocenters. The lowest BCUT2D eigenvalue weighted by Gasteiger charge is -2.25. The summed E-state index contributed by atoms with van der Waals surface area (Å²) in [7, 11) is 0. The molecule has 188 valence electrons. The van der Waals surface area contributed by atoms with E-state index in [-0.39, 0.29) is 18.3 Å². The second-order valence-electron chi connectivity index (χ2n) is 9.61. The first-order chi connectivity index (χ1) is 17.5. The highest BCUT2D eigenvalue weighted by Gasteiger charge is 2.17. The number of benzene rings is 3. The Morgan fingerprint density at radius 2 is 1.61 bits per heavy atom. The Hall–Kier alpha value is -3.60. The minimum atomic E-state index is -0.308. The zero-order chi connectivity index (χ0) is 25.3. The van der Waals surface area contributed by atoms with Gasteiger partial charge < -0.3 is 14.8 Å². The van der Waals surface area contributed by atoms with Crippen LogP contribution in [-0.4, -0.2) is 18.4 Å². The number of esters is 1. The molecule has 1 saturated carbocycles. The maximum absolute atomic E-state index is 12.7. The highest BCUT2D eigenvalue weighted by Crippen LogP contribution is 2.30. The van der Waals surface area contributed by atoms with Crippen molar-refractivity contribution in [1.29, 1.82) is 0 Å².